The zero-order valence-electron chi connectivity index (χ0n) is 17.2. The van der Waals surface area contributed by atoms with Crippen LogP contribution in [-0.2, 0) is 16.0 Å². The maximum Gasteiger partial charge on any atom is 0.269 e. The summed E-state index contributed by atoms with van der Waals surface area (Å²) in [6, 6.07) is 19.6. The minimum atomic E-state index is -0.488. The van der Waals surface area contributed by atoms with Gasteiger partial charge in [0.25, 0.3) is 5.69 Å². The van der Waals surface area contributed by atoms with Crippen LogP contribution in [0.2, 0.25) is 0 Å². The number of hydrogen-bond acceptors (Lipinski definition) is 6. The minimum Gasteiger partial charge on any atom is -0.497 e. The van der Waals surface area contributed by atoms with Gasteiger partial charge in [0.15, 0.2) is 0 Å². The Kier molecular flexibility index (Phi) is 7.35. The molecule has 1 N–H and O–H groups in total. The van der Waals surface area contributed by atoms with Gasteiger partial charge in [-0.25, -0.2) is 4.79 Å². The first-order valence-electron chi connectivity index (χ1n) is 9.63. The molecule has 162 valence electrons. The highest BCUT2D eigenvalue weighted by Crippen LogP contribution is 2.20. The van der Waals surface area contributed by atoms with E-state index in [0.29, 0.717) is 33.9 Å². The van der Waals surface area contributed by atoms with Gasteiger partial charge >= 0.3 is 0 Å². The van der Waals surface area contributed by atoms with E-state index in [1.54, 1.807) is 67.8 Å². The quantitative estimate of drug-likeness (QED) is 0.310. The molecule has 0 aliphatic heterocycles. The van der Waals surface area contributed by atoms with Gasteiger partial charge in [-0.15, -0.1) is 0 Å². The van der Waals surface area contributed by atoms with Gasteiger partial charge in [-0.1, -0.05) is 24.3 Å². The Morgan fingerprint density at radius 1 is 0.969 bits per heavy atom. The normalized spacial score (nSPS) is 10.0. The summed E-state index contributed by atoms with van der Waals surface area (Å²) in [5.74, 6) is 2.86. The van der Waals surface area contributed by atoms with E-state index in [1.165, 1.54) is 12.1 Å². The van der Waals surface area contributed by atoms with E-state index < -0.39 is 4.92 Å². The van der Waals surface area contributed by atoms with Crippen molar-refractivity contribution >= 4 is 28.8 Å². The molecule has 0 heterocycles. The van der Waals surface area contributed by atoms with Gasteiger partial charge in [0.2, 0.25) is 5.91 Å². The Balaban J connectivity index is 1.53. The molecule has 0 saturated carbocycles. The first-order valence-corrected chi connectivity index (χ1v) is 9.63. The van der Waals surface area contributed by atoms with Crippen molar-refractivity contribution in [2.75, 3.05) is 19.0 Å². The fourth-order valence-corrected chi connectivity index (χ4v) is 2.88. The molecule has 0 bridgehead atoms. The number of rotatable bonds is 9. The van der Waals surface area contributed by atoms with E-state index in [9.17, 15) is 19.7 Å². The van der Waals surface area contributed by atoms with E-state index in [0.717, 1.165) is 0 Å². The second-order valence-corrected chi connectivity index (χ2v) is 6.77. The highest BCUT2D eigenvalue weighted by atomic mass is 16.6. The molecule has 0 radical (unpaired) electrons. The van der Waals surface area contributed by atoms with Crippen molar-refractivity contribution < 1.29 is 24.0 Å². The van der Waals surface area contributed by atoms with Crippen LogP contribution in [0.3, 0.4) is 0 Å². The number of hydrogen-bond donors (Lipinski definition) is 1. The molecule has 8 heteroatoms. The lowest BCUT2D eigenvalue weighted by Gasteiger charge is -2.10. The van der Waals surface area contributed by atoms with Crippen molar-refractivity contribution in [2.24, 2.45) is 0 Å². The van der Waals surface area contributed by atoms with Crippen LogP contribution in [0.25, 0.3) is 5.57 Å². The molecule has 3 aromatic carbocycles. The van der Waals surface area contributed by atoms with Crippen LogP contribution in [0.5, 0.6) is 11.5 Å². The van der Waals surface area contributed by atoms with Gasteiger partial charge < -0.3 is 14.8 Å². The number of carbonyl (C=O) groups is 1. The summed E-state index contributed by atoms with van der Waals surface area (Å²) in [6.45, 7) is 0.0433. The second-order valence-electron chi connectivity index (χ2n) is 6.77. The summed E-state index contributed by atoms with van der Waals surface area (Å²) in [6.07, 6.45) is 0.0889. The summed E-state index contributed by atoms with van der Waals surface area (Å²) in [7, 11) is 1.57. The second kappa shape index (κ2) is 10.6. The Hall–Kier alpha value is -4.42. The van der Waals surface area contributed by atoms with E-state index in [1.807, 2.05) is 5.94 Å². The van der Waals surface area contributed by atoms with Gasteiger partial charge in [0.05, 0.1) is 24.0 Å². The lowest BCUT2D eigenvalue weighted by atomic mass is 10.1. The highest BCUT2D eigenvalue weighted by molar-refractivity contribution is 5.92. The van der Waals surface area contributed by atoms with E-state index in [2.05, 4.69) is 5.32 Å². The summed E-state index contributed by atoms with van der Waals surface area (Å²) in [4.78, 5) is 33.7. The van der Waals surface area contributed by atoms with E-state index >= 15 is 0 Å². The molecule has 0 atom stereocenters. The molecular formula is C24H20N2O6. The van der Waals surface area contributed by atoms with Crippen LogP contribution in [-0.4, -0.2) is 30.5 Å². The van der Waals surface area contributed by atoms with E-state index in [-0.39, 0.29) is 24.6 Å². The molecule has 0 aliphatic carbocycles. The Bertz CT molecular complexity index is 1130. The average Bonchev–Trinajstić information content (AvgIpc) is 2.81. The van der Waals surface area contributed by atoms with Gasteiger partial charge in [-0.2, -0.15) is 0 Å². The average molecular weight is 432 g/mol. The summed E-state index contributed by atoms with van der Waals surface area (Å²) < 4.78 is 10.8. The largest absolute Gasteiger partial charge is 0.497 e. The number of nitrogens with one attached hydrogen (secondary N) is 1. The molecular weight excluding hydrogens is 412 g/mol. The molecule has 0 saturated heterocycles. The van der Waals surface area contributed by atoms with Gasteiger partial charge in [0.1, 0.15) is 24.0 Å². The Labute approximate surface area is 184 Å². The smallest absolute Gasteiger partial charge is 0.269 e. The van der Waals surface area contributed by atoms with Gasteiger partial charge in [-0.3, -0.25) is 14.9 Å². The SMILES string of the molecule is COc1ccc(C(=C=O)COc2ccc(NC(=O)Cc3ccc([N+](=O)[O-])cc3)cc2)cc1. The predicted octanol–water partition coefficient (Wildman–Crippen LogP) is 4.08. The van der Waals surface area contributed by atoms with Crippen LogP contribution < -0.4 is 14.8 Å². The van der Waals surface area contributed by atoms with Gasteiger partial charge in [0, 0.05) is 17.8 Å². The van der Waals surface area contributed by atoms with Crippen LogP contribution in [0, 0.1) is 10.1 Å². The lowest BCUT2D eigenvalue weighted by molar-refractivity contribution is -0.384. The maximum absolute atomic E-state index is 12.2. The lowest BCUT2D eigenvalue weighted by Crippen LogP contribution is -2.14. The Morgan fingerprint density at radius 3 is 2.16 bits per heavy atom. The molecule has 0 aromatic heterocycles. The molecule has 0 fully saturated rings. The monoisotopic (exact) mass is 432 g/mol. The highest BCUT2D eigenvalue weighted by Gasteiger charge is 2.09. The number of amides is 1. The maximum atomic E-state index is 12.2. The zero-order valence-corrected chi connectivity index (χ0v) is 17.2. The number of ether oxygens (including phenoxy) is 2. The van der Waals surface area contributed by atoms with Crippen molar-refractivity contribution in [3.63, 3.8) is 0 Å². The molecule has 0 spiro atoms. The standard InChI is InChI=1S/C24H20N2O6/c1-31-22-10-4-18(5-11-22)19(15-27)16-32-23-12-6-20(7-13-23)25-24(28)14-17-2-8-21(9-3-17)26(29)30/h2-13H,14,16H2,1H3,(H,25,28). The van der Waals surface area contributed by atoms with Crippen molar-refractivity contribution in [2.45, 2.75) is 6.42 Å². The number of nitro groups is 1. The van der Waals surface area contributed by atoms with Crippen molar-refractivity contribution in [1.29, 1.82) is 0 Å². The third-order valence-corrected chi connectivity index (χ3v) is 4.59. The molecule has 1 amide bonds. The topological polar surface area (TPSA) is 108 Å². The minimum absolute atomic E-state index is 0.0238. The molecule has 3 rings (SSSR count). The summed E-state index contributed by atoms with van der Waals surface area (Å²) >= 11 is 0. The Morgan fingerprint density at radius 2 is 1.59 bits per heavy atom. The first-order chi connectivity index (χ1) is 15.5. The van der Waals surface area contributed by atoms with Crippen molar-refractivity contribution in [1.82, 2.24) is 0 Å². The van der Waals surface area contributed by atoms with Crippen molar-refractivity contribution in [3.05, 3.63) is 94.0 Å². The van der Waals surface area contributed by atoms with Crippen LogP contribution in [0.1, 0.15) is 11.1 Å². The number of nitro benzene ring substituents is 1. The first kappa shape index (κ1) is 22.3. The van der Waals surface area contributed by atoms with Gasteiger partial charge in [-0.05, 0) is 47.5 Å². The van der Waals surface area contributed by atoms with Crippen LogP contribution in [0.15, 0.2) is 72.8 Å². The molecule has 8 nitrogen and oxygen atoms in total. The van der Waals surface area contributed by atoms with Crippen LogP contribution >= 0.6 is 0 Å². The zero-order chi connectivity index (χ0) is 22.9. The number of nitrogens with zero attached hydrogens (tertiary/aromatic N) is 1. The molecule has 0 unspecified atom stereocenters. The fourth-order valence-electron chi connectivity index (χ4n) is 2.88. The van der Waals surface area contributed by atoms with Crippen LogP contribution in [0.4, 0.5) is 11.4 Å². The number of carbonyl (C=O) groups excluding carboxylic acids is 2. The predicted molar refractivity (Wildman–Crippen MR) is 119 cm³/mol. The molecule has 3 aromatic rings. The number of non-ortho nitro benzene ring substituents is 1. The number of methoxy groups -OCH3 is 1. The van der Waals surface area contributed by atoms with Crippen molar-refractivity contribution in [3.8, 4) is 11.5 Å². The molecule has 0 aliphatic rings. The summed E-state index contributed by atoms with van der Waals surface area (Å²) in [5.41, 5.74) is 2.28. The third-order valence-electron chi connectivity index (χ3n) is 4.59. The number of benzene rings is 3. The third kappa shape index (κ3) is 6.04. The fraction of sp³-hybridized carbons (Fsp3) is 0.125. The summed E-state index contributed by atoms with van der Waals surface area (Å²) in [5, 5.41) is 13.5. The number of anilines is 1. The van der Waals surface area contributed by atoms with E-state index in [4.69, 9.17) is 9.47 Å². The molecule has 32 heavy (non-hydrogen) atoms.